The van der Waals surface area contributed by atoms with E-state index in [0.29, 0.717) is 16.1 Å². The average Bonchev–Trinajstić information content (AvgIpc) is 2.45. The van der Waals surface area contributed by atoms with Crippen LogP contribution in [0.3, 0.4) is 0 Å². The Labute approximate surface area is 124 Å². The summed E-state index contributed by atoms with van der Waals surface area (Å²) in [7, 11) is 0. The van der Waals surface area contributed by atoms with Gasteiger partial charge in [0.05, 0.1) is 16.7 Å². The predicted octanol–water partition coefficient (Wildman–Crippen LogP) is 1.34. The molecule has 0 radical (unpaired) electrons. The van der Waals surface area contributed by atoms with Crippen LogP contribution in [0.1, 0.15) is 6.92 Å². The van der Waals surface area contributed by atoms with E-state index in [0.717, 1.165) is 11.8 Å². The highest BCUT2D eigenvalue weighted by Gasteiger charge is 2.13. The Bertz CT molecular complexity index is 829. The highest BCUT2D eigenvalue weighted by Crippen LogP contribution is 2.16. The molecule has 106 valence electrons. The second-order valence-corrected chi connectivity index (χ2v) is 5.23. The largest absolute Gasteiger partial charge is 0.401 e. The first-order valence-electron chi connectivity index (χ1n) is 6.04. The molecule has 0 bridgehead atoms. The van der Waals surface area contributed by atoms with Gasteiger partial charge in [0, 0.05) is 5.70 Å². The first kappa shape index (κ1) is 14.8. The van der Waals surface area contributed by atoms with Crippen LogP contribution in [-0.4, -0.2) is 21.5 Å². The Morgan fingerprint density at radius 2 is 2.19 bits per heavy atom. The van der Waals surface area contributed by atoms with Gasteiger partial charge in [-0.2, -0.15) is 5.26 Å². The number of rotatable bonds is 4. The number of nitrogens with zero attached hydrogens (tertiary/aromatic N) is 2. The Hall–Kier alpha value is -2.59. The van der Waals surface area contributed by atoms with Gasteiger partial charge in [-0.1, -0.05) is 23.9 Å². The number of thioether (sulfide) groups is 1. The first-order chi connectivity index (χ1) is 10.0. The molecule has 0 aliphatic heterocycles. The number of aromatic amines is 1. The molecule has 2 rings (SSSR count). The second kappa shape index (κ2) is 6.24. The maximum absolute atomic E-state index is 11.9. The minimum atomic E-state index is -0.390. The lowest BCUT2D eigenvalue weighted by atomic mass is 10.2. The SMILES string of the molecule is C/C(N)=C(/C#N)C(=O)CSc1nc2ccccc2c(=O)[nH]1. The van der Waals surface area contributed by atoms with Crippen molar-refractivity contribution in [2.24, 2.45) is 5.73 Å². The first-order valence-corrected chi connectivity index (χ1v) is 7.03. The fraction of sp³-hybridized carbons (Fsp3) is 0.143. The van der Waals surface area contributed by atoms with Crippen LogP contribution in [0.15, 0.2) is 45.5 Å². The fourth-order valence-electron chi connectivity index (χ4n) is 1.71. The number of para-hydroxylation sites is 1. The van der Waals surface area contributed by atoms with Crippen LogP contribution in [0.5, 0.6) is 0 Å². The molecule has 0 spiro atoms. The van der Waals surface area contributed by atoms with Gasteiger partial charge >= 0.3 is 0 Å². The van der Waals surface area contributed by atoms with Crippen LogP contribution in [0.25, 0.3) is 10.9 Å². The van der Waals surface area contributed by atoms with Gasteiger partial charge in [-0.15, -0.1) is 0 Å². The molecule has 1 heterocycles. The molecule has 6 nitrogen and oxygen atoms in total. The van der Waals surface area contributed by atoms with Crippen LogP contribution in [0.4, 0.5) is 0 Å². The van der Waals surface area contributed by atoms with E-state index in [4.69, 9.17) is 11.0 Å². The van der Waals surface area contributed by atoms with Crippen molar-refractivity contribution in [1.82, 2.24) is 9.97 Å². The number of allylic oxidation sites excluding steroid dienone is 2. The number of nitrogens with one attached hydrogen (secondary N) is 1. The quantitative estimate of drug-likeness (QED) is 0.381. The molecule has 0 unspecified atom stereocenters. The third kappa shape index (κ3) is 3.30. The number of nitriles is 1. The zero-order chi connectivity index (χ0) is 15.4. The van der Waals surface area contributed by atoms with Gasteiger partial charge in [0.2, 0.25) is 0 Å². The van der Waals surface area contributed by atoms with Crippen LogP contribution in [-0.2, 0) is 4.79 Å². The summed E-state index contributed by atoms with van der Waals surface area (Å²) < 4.78 is 0. The number of carbonyl (C=O) groups excluding carboxylic acids is 1. The van der Waals surface area contributed by atoms with Crippen molar-refractivity contribution in [3.8, 4) is 6.07 Å². The number of aromatic nitrogens is 2. The third-order valence-electron chi connectivity index (χ3n) is 2.72. The van der Waals surface area contributed by atoms with Gasteiger partial charge in [-0.25, -0.2) is 4.98 Å². The summed E-state index contributed by atoms with van der Waals surface area (Å²) in [6.45, 7) is 1.50. The number of ketones is 1. The second-order valence-electron chi connectivity index (χ2n) is 4.27. The molecule has 1 aromatic heterocycles. The molecule has 0 amide bonds. The number of benzene rings is 1. The number of H-pyrrole nitrogens is 1. The number of nitrogens with two attached hydrogens (primary N) is 1. The normalized spacial score (nSPS) is 11.8. The van der Waals surface area contributed by atoms with Crippen LogP contribution < -0.4 is 11.3 Å². The number of hydrogen-bond donors (Lipinski definition) is 2. The van der Waals surface area contributed by atoms with Crippen LogP contribution in [0.2, 0.25) is 0 Å². The fourth-order valence-corrected chi connectivity index (χ4v) is 2.45. The van der Waals surface area contributed by atoms with Gasteiger partial charge in [-0.05, 0) is 19.1 Å². The lowest BCUT2D eigenvalue weighted by Crippen LogP contribution is -2.12. The van der Waals surface area contributed by atoms with Crippen molar-refractivity contribution in [3.05, 3.63) is 45.9 Å². The summed E-state index contributed by atoms with van der Waals surface area (Å²) in [5.41, 5.74) is 5.88. The van der Waals surface area contributed by atoms with Crippen molar-refractivity contribution in [3.63, 3.8) is 0 Å². The predicted molar refractivity (Wildman–Crippen MR) is 80.6 cm³/mol. The molecular formula is C14H12N4O2S. The Kier molecular flexibility index (Phi) is 4.40. The minimum Gasteiger partial charge on any atom is -0.401 e. The smallest absolute Gasteiger partial charge is 0.259 e. The summed E-state index contributed by atoms with van der Waals surface area (Å²) in [6.07, 6.45) is 0. The molecule has 0 aliphatic carbocycles. The van der Waals surface area contributed by atoms with E-state index in [-0.39, 0.29) is 22.6 Å². The molecular weight excluding hydrogens is 288 g/mol. The molecule has 0 saturated carbocycles. The van der Waals surface area contributed by atoms with Gasteiger partial charge in [0.15, 0.2) is 10.9 Å². The molecule has 7 heteroatoms. The number of Topliss-reactive ketones (excluding diaryl/α,β-unsaturated/α-hetero) is 1. The number of hydrogen-bond acceptors (Lipinski definition) is 6. The highest BCUT2D eigenvalue weighted by atomic mass is 32.2. The van der Waals surface area contributed by atoms with E-state index in [1.54, 1.807) is 30.3 Å². The van der Waals surface area contributed by atoms with Crippen molar-refractivity contribution in [2.45, 2.75) is 12.1 Å². The third-order valence-corrected chi connectivity index (χ3v) is 3.59. The molecule has 3 N–H and O–H groups in total. The van der Waals surface area contributed by atoms with Gasteiger partial charge in [0.1, 0.15) is 11.6 Å². The number of carbonyl (C=O) groups is 1. The van der Waals surface area contributed by atoms with E-state index in [1.807, 2.05) is 0 Å². The lowest BCUT2D eigenvalue weighted by molar-refractivity contribution is -0.112. The van der Waals surface area contributed by atoms with E-state index in [9.17, 15) is 9.59 Å². The van der Waals surface area contributed by atoms with Crippen molar-refractivity contribution in [2.75, 3.05) is 5.75 Å². The zero-order valence-corrected chi connectivity index (χ0v) is 12.0. The van der Waals surface area contributed by atoms with E-state index in [1.165, 1.54) is 6.92 Å². The Morgan fingerprint density at radius 1 is 1.48 bits per heavy atom. The lowest BCUT2D eigenvalue weighted by Gasteiger charge is -2.03. The summed E-state index contributed by atoms with van der Waals surface area (Å²) in [5.74, 6) is -0.406. The topological polar surface area (TPSA) is 113 Å². The van der Waals surface area contributed by atoms with Gasteiger partial charge in [-0.3, -0.25) is 9.59 Å². The van der Waals surface area contributed by atoms with Crippen molar-refractivity contribution < 1.29 is 4.79 Å². The van der Waals surface area contributed by atoms with E-state index in [2.05, 4.69) is 9.97 Å². The van der Waals surface area contributed by atoms with Gasteiger partial charge < -0.3 is 10.7 Å². The van der Waals surface area contributed by atoms with Crippen LogP contribution >= 0.6 is 11.8 Å². The molecule has 1 aromatic carbocycles. The minimum absolute atomic E-state index is 0.0152. The molecule has 0 aliphatic rings. The highest BCUT2D eigenvalue weighted by molar-refractivity contribution is 7.99. The summed E-state index contributed by atoms with van der Waals surface area (Å²) in [4.78, 5) is 30.6. The summed E-state index contributed by atoms with van der Waals surface area (Å²) in [5, 5.41) is 9.68. The van der Waals surface area contributed by atoms with Crippen molar-refractivity contribution in [1.29, 1.82) is 5.26 Å². The van der Waals surface area contributed by atoms with E-state index >= 15 is 0 Å². The maximum Gasteiger partial charge on any atom is 0.259 e. The maximum atomic E-state index is 11.9. The molecule has 0 fully saturated rings. The molecule has 21 heavy (non-hydrogen) atoms. The molecule has 0 atom stereocenters. The summed E-state index contributed by atoms with van der Waals surface area (Å²) in [6, 6.07) is 8.71. The number of fused-ring (bicyclic) bond motifs is 1. The van der Waals surface area contributed by atoms with E-state index < -0.39 is 5.78 Å². The Morgan fingerprint density at radius 3 is 2.86 bits per heavy atom. The average molecular weight is 300 g/mol. The zero-order valence-electron chi connectivity index (χ0n) is 11.2. The van der Waals surface area contributed by atoms with Crippen LogP contribution in [0, 0.1) is 11.3 Å². The van der Waals surface area contributed by atoms with Crippen molar-refractivity contribution >= 4 is 28.4 Å². The monoisotopic (exact) mass is 300 g/mol. The molecule has 0 saturated heterocycles. The standard InChI is InChI=1S/C14H12N4O2S/c1-8(16)10(6-15)12(19)7-21-14-17-11-5-3-2-4-9(11)13(20)18-14/h2-5H,7,16H2,1H3,(H,17,18,20)/b10-8+. The molecule has 2 aromatic rings. The van der Waals surface area contributed by atoms with Gasteiger partial charge in [0.25, 0.3) is 5.56 Å². The Balaban J connectivity index is 2.22. The summed E-state index contributed by atoms with van der Waals surface area (Å²) >= 11 is 1.06.